The maximum absolute atomic E-state index is 11.3. The summed E-state index contributed by atoms with van der Waals surface area (Å²) < 4.78 is 13.3. The van der Waals surface area contributed by atoms with E-state index < -0.39 is 12.0 Å². The zero-order chi connectivity index (χ0) is 22.2. The Labute approximate surface area is 182 Å². The number of benzene rings is 2. The molecule has 1 amide bonds. The van der Waals surface area contributed by atoms with Gasteiger partial charge in [0.15, 0.2) is 0 Å². The molecule has 0 aliphatic carbocycles. The van der Waals surface area contributed by atoms with Crippen molar-refractivity contribution in [3.63, 3.8) is 0 Å². The van der Waals surface area contributed by atoms with Crippen LogP contribution in [0, 0.1) is 0 Å². The average Bonchev–Trinajstić information content (AvgIpc) is 3.24. The van der Waals surface area contributed by atoms with Gasteiger partial charge in [-0.2, -0.15) is 0 Å². The van der Waals surface area contributed by atoms with Crippen LogP contribution in [0.1, 0.15) is 47.9 Å². The summed E-state index contributed by atoms with van der Waals surface area (Å²) in [7, 11) is 0. The standard InChI is InChI=1S/C24H29N3O4/c1-3-30-20-11-8-18(9-12-20)15-31-23-7-5-4-6-19(23)10-13-22(17(2)28)27-14-21(24(25)29)26-16-27/h4-9,11-12,14,16-17,22,28H,3,10,13,15H2,1-2H3,(H2,25,29). The minimum Gasteiger partial charge on any atom is -0.494 e. The molecule has 0 saturated carbocycles. The maximum Gasteiger partial charge on any atom is 0.268 e. The lowest BCUT2D eigenvalue weighted by Crippen LogP contribution is -2.21. The number of amides is 1. The summed E-state index contributed by atoms with van der Waals surface area (Å²) in [6.45, 7) is 4.77. The Bertz CT molecular complexity index is 982. The van der Waals surface area contributed by atoms with E-state index in [0.29, 0.717) is 26.1 Å². The molecule has 3 aromatic rings. The first-order valence-electron chi connectivity index (χ1n) is 10.4. The summed E-state index contributed by atoms with van der Waals surface area (Å²) in [5.74, 6) is 1.06. The molecule has 2 aromatic carbocycles. The van der Waals surface area contributed by atoms with Crippen LogP contribution < -0.4 is 15.2 Å². The van der Waals surface area contributed by atoms with E-state index in [1.807, 2.05) is 55.5 Å². The SMILES string of the molecule is CCOc1ccc(COc2ccccc2CCC(C(C)O)n2cnc(C(N)=O)c2)cc1. The van der Waals surface area contributed by atoms with E-state index in [2.05, 4.69) is 4.98 Å². The van der Waals surface area contributed by atoms with Gasteiger partial charge in [0, 0.05) is 6.20 Å². The topological polar surface area (TPSA) is 99.6 Å². The Morgan fingerprint density at radius 2 is 1.90 bits per heavy atom. The van der Waals surface area contributed by atoms with E-state index >= 15 is 0 Å². The largest absolute Gasteiger partial charge is 0.494 e. The van der Waals surface area contributed by atoms with Crippen molar-refractivity contribution in [1.82, 2.24) is 9.55 Å². The highest BCUT2D eigenvalue weighted by Gasteiger charge is 2.19. The summed E-state index contributed by atoms with van der Waals surface area (Å²) in [5.41, 5.74) is 7.58. The number of rotatable bonds is 11. The van der Waals surface area contributed by atoms with E-state index in [0.717, 1.165) is 22.6 Å². The number of para-hydroxylation sites is 1. The van der Waals surface area contributed by atoms with Crippen molar-refractivity contribution < 1.29 is 19.4 Å². The molecule has 2 atom stereocenters. The fraction of sp³-hybridized carbons (Fsp3) is 0.333. The molecule has 3 rings (SSSR count). The van der Waals surface area contributed by atoms with E-state index in [9.17, 15) is 9.90 Å². The Balaban J connectivity index is 1.65. The quantitative estimate of drug-likeness (QED) is 0.492. The monoisotopic (exact) mass is 423 g/mol. The molecule has 0 bridgehead atoms. The van der Waals surface area contributed by atoms with Crippen LogP contribution in [0.5, 0.6) is 11.5 Å². The number of ether oxygens (including phenoxy) is 2. The van der Waals surface area contributed by atoms with Crippen molar-refractivity contribution in [3.8, 4) is 11.5 Å². The number of hydrogen-bond acceptors (Lipinski definition) is 5. The predicted molar refractivity (Wildman–Crippen MR) is 118 cm³/mol. The Kier molecular flexibility index (Phi) is 7.67. The second kappa shape index (κ2) is 10.6. The molecule has 164 valence electrons. The van der Waals surface area contributed by atoms with Crippen molar-refractivity contribution in [2.75, 3.05) is 6.61 Å². The number of carbonyl (C=O) groups excluding carboxylic acids is 1. The normalized spacial score (nSPS) is 12.9. The number of primary amides is 1. The van der Waals surface area contributed by atoms with Gasteiger partial charge in [0.05, 0.1) is 25.1 Å². The molecule has 2 unspecified atom stereocenters. The van der Waals surface area contributed by atoms with Gasteiger partial charge in [-0.05, 0) is 56.0 Å². The van der Waals surface area contributed by atoms with Crippen LogP contribution in [0.15, 0.2) is 61.1 Å². The zero-order valence-corrected chi connectivity index (χ0v) is 17.9. The maximum atomic E-state index is 11.3. The third-order valence-electron chi connectivity index (χ3n) is 5.10. The molecule has 0 radical (unpaired) electrons. The van der Waals surface area contributed by atoms with Gasteiger partial charge in [-0.25, -0.2) is 4.98 Å². The number of aromatic nitrogens is 2. The Hall–Kier alpha value is -3.32. The van der Waals surface area contributed by atoms with E-state index in [1.165, 1.54) is 6.33 Å². The number of imidazole rings is 1. The van der Waals surface area contributed by atoms with Crippen LogP contribution in [0.25, 0.3) is 0 Å². The van der Waals surface area contributed by atoms with Gasteiger partial charge in [-0.15, -0.1) is 0 Å². The number of carbonyl (C=O) groups is 1. The predicted octanol–water partition coefficient (Wildman–Crippen LogP) is 3.51. The first-order chi connectivity index (χ1) is 15.0. The molecule has 3 N–H and O–H groups in total. The third-order valence-corrected chi connectivity index (χ3v) is 5.10. The molecule has 0 spiro atoms. The second-order valence-corrected chi connectivity index (χ2v) is 7.39. The summed E-state index contributed by atoms with van der Waals surface area (Å²) in [4.78, 5) is 15.3. The van der Waals surface area contributed by atoms with Crippen LogP contribution in [-0.4, -0.2) is 33.3 Å². The van der Waals surface area contributed by atoms with Crippen molar-refractivity contribution in [2.45, 2.75) is 45.4 Å². The molecule has 0 fully saturated rings. The Morgan fingerprint density at radius 1 is 1.16 bits per heavy atom. The van der Waals surface area contributed by atoms with Gasteiger partial charge < -0.3 is 24.9 Å². The molecular formula is C24H29N3O4. The second-order valence-electron chi connectivity index (χ2n) is 7.39. The van der Waals surface area contributed by atoms with Gasteiger partial charge in [0.1, 0.15) is 23.8 Å². The first-order valence-corrected chi connectivity index (χ1v) is 10.4. The molecule has 0 aliphatic rings. The van der Waals surface area contributed by atoms with E-state index in [4.69, 9.17) is 15.2 Å². The minimum absolute atomic E-state index is 0.185. The summed E-state index contributed by atoms with van der Waals surface area (Å²) >= 11 is 0. The first kappa shape index (κ1) is 22.4. The highest BCUT2D eigenvalue weighted by molar-refractivity contribution is 5.90. The van der Waals surface area contributed by atoms with Crippen LogP contribution in [0.3, 0.4) is 0 Å². The smallest absolute Gasteiger partial charge is 0.268 e. The highest BCUT2D eigenvalue weighted by Crippen LogP contribution is 2.26. The molecule has 1 aromatic heterocycles. The third kappa shape index (κ3) is 6.08. The van der Waals surface area contributed by atoms with Crippen LogP contribution in [0.4, 0.5) is 0 Å². The van der Waals surface area contributed by atoms with E-state index in [1.54, 1.807) is 17.7 Å². The number of nitrogens with zero attached hydrogens (tertiary/aromatic N) is 2. The molecule has 0 saturated heterocycles. The zero-order valence-electron chi connectivity index (χ0n) is 17.9. The molecular weight excluding hydrogens is 394 g/mol. The Morgan fingerprint density at radius 3 is 2.55 bits per heavy atom. The number of hydrogen-bond donors (Lipinski definition) is 2. The molecule has 31 heavy (non-hydrogen) atoms. The van der Waals surface area contributed by atoms with Crippen molar-refractivity contribution >= 4 is 5.91 Å². The lowest BCUT2D eigenvalue weighted by atomic mass is 10.0. The fourth-order valence-electron chi connectivity index (χ4n) is 3.45. The van der Waals surface area contributed by atoms with E-state index in [-0.39, 0.29) is 11.7 Å². The summed E-state index contributed by atoms with van der Waals surface area (Å²) in [6.07, 6.45) is 3.83. The summed E-state index contributed by atoms with van der Waals surface area (Å²) in [5, 5.41) is 10.3. The van der Waals surface area contributed by atoms with Crippen LogP contribution in [0.2, 0.25) is 0 Å². The molecule has 7 heteroatoms. The highest BCUT2D eigenvalue weighted by atomic mass is 16.5. The molecule has 7 nitrogen and oxygen atoms in total. The van der Waals surface area contributed by atoms with Crippen molar-refractivity contribution in [1.29, 1.82) is 0 Å². The molecule has 1 heterocycles. The van der Waals surface area contributed by atoms with Crippen LogP contribution in [-0.2, 0) is 13.0 Å². The number of nitrogens with two attached hydrogens (primary N) is 1. The van der Waals surface area contributed by atoms with Crippen molar-refractivity contribution in [3.05, 3.63) is 77.9 Å². The lowest BCUT2D eigenvalue weighted by molar-refractivity contribution is 0.0994. The summed E-state index contributed by atoms with van der Waals surface area (Å²) in [6, 6.07) is 15.5. The minimum atomic E-state index is -0.619. The average molecular weight is 424 g/mol. The molecule has 0 aliphatic heterocycles. The van der Waals surface area contributed by atoms with Gasteiger partial charge >= 0.3 is 0 Å². The van der Waals surface area contributed by atoms with Crippen LogP contribution >= 0.6 is 0 Å². The van der Waals surface area contributed by atoms with Gasteiger partial charge in [-0.1, -0.05) is 30.3 Å². The van der Waals surface area contributed by atoms with Gasteiger partial charge in [0.2, 0.25) is 0 Å². The number of aliphatic hydroxyl groups is 1. The number of aryl methyl sites for hydroxylation is 1. The fourth-order valence-corrected chi connectivity index (χ4v) is 3.45. The number of aliphatic hydroxyl groups excluding tert-OH is 1. The lowest BCUT2D eigenvalue weighted by Gasteiger charge is -2.22. The van der Waals surface area contributed by atoms with Gasteiger partial charge in [-0.3, -0.25) is 4.79 Å². The van der Waals surface area contributed by atoms with Crippen molar-refractivity contribution in [2.24, 2.45) is 5.73 Å². The van der Waals surface area contributed by atoms with Gasteiger partial charge in [0.25, 0.3) is 5.91 Å².